The van der Waals surface area contributed by atoms with Crippen molar-refractivity contribution in [2.45, 2.75) is 51.0 Å². The first-order chi connectivity index (χ1) is 16.3. The van der Waals surface area contributed by atoms with Gasteiger partial charge in [-0.05, 0) is 63.9 Å². The molecule has 2 aromatic carbocycles. The van der Waals surface area contributed by atoms with E-state index in [-0.39, 0.29) is 16.9 Å². The van der Waals surface area contributed by atoms with Crippen molar-refractivity contribution in [1.82, 2.24) is 14.1 Å². The number of aromatic nitrogens is 2. The number of rotatable bonds is 7. The van der Waals surface area contributed by atoms with Crippen LogP contribution in [0.5, 0.6) is 5.75 Å². The number of sulfonamides is 1. The topological polar surface area (TPSA) is 93.5 Å². The Morgan fingerprint density at radius 2 is 1.76 bits per heavy atom. The second kappa shape index (κ2) is 9.99. The monoisotopic (exact) mass is 482 g/mol. The maximum Gasteiger partial charge on any atom is 0.259 e. The number of carbonyl (C=O) groups is 1. The lowest BCUT2D eigenvalue weighted by molar-refractivity contribution is 0.102. The van der Waals surface area contributed by atoms with E-state index in [4.69, 9.17) is 4.74 Å². The molecule has 1 fully saturated rings. The maximum absolute atomic E-state index is 13.2. The molecule has 180 valence electrons. The van der Waals surface area contributed by atoms with Gasteiger partial charge in [0.25, 0.3) is 5.91 Å². The van der Waals surface area contributed by atoms with Crippen LogP contribution in [0.3, 0.4) is 0 Å². The molecule has 2 heterocycles. The highest BCUT2D eigenvalue weighted by atomic mass is 32.2. The molecule has 0 aliphatic carbocycles. The zero-order valence-electron chi connectivity index (χ0n) is 19.7. The van der Waals surface area contributed by atoms with Gasteiger partial charge in [0.05, 0.1) is 39.8 Å². The molecule has 1 aromatic heterocycles. The largest absolute Gasteiger partial charge is 0.489 e. The van der Waals surface area contributed by atoms with Crippen LogP contribution < -0.4 is 10.1 Å². The van der Waals surface area contributed by atoms with Crippen molar-refractivity contribution in [3.63, 3.8) is 0 Å². The Hall–Kier alpha value is -3.17. The average Bonchev–Trinajstić information content (AvgIpc) is 3.22. The first-order valence-electron chi connectivity index (χ1n) is 11.5. The second-order valence-electron chi connectivity index (χ2n) is 8.63. The summed E-state index contributed by atoms with van der Waals surface area (Å²) in [7, 11) is -3.66. The quantitative estimate of drug-likeness (QED) is 0.539. The summed E-state index contributed by atoms with van der Waals surface area (Å²) in [5.41, 5.74) is 2.22. The summed E-state index contributed by atoms with van der Waals surface area (Å²) in [4.78, 5) is 13.3. The number of nitrogens with zero attached hydrogens (tertiary/aromatic N) is 3. The van der Waals surface area contributed by atoms with E-state index in [2.05, 4.69) is 10.4 Å². The number of nitrogens with one attached hydrogen (secondary N) is 1. The predicted molar refractivity (Wildman–Crippen MR) is 131 cm³/mol. The number of piperidine rings is 1. The van der Waals surface area contributed by atoms with Gasteiger partial charge < -0.3 is 10.1 Å². The van der Waals surface area contributed by atoms with Gasteiger partial charge >= 0.3 is 0 Å². The second-order valence-corrected chi connectivity index (χ2v) is 10.6. The Bertz CT molecular complexity index is 1260. The minimum atomic E-state index is -3.66. The van der Waals surface area contributed by atoms with Crippen molar-refractivity contribution in [2.24, 2.45) is 0 Å². The number of hydrogen-bond donors (Lipinski definition) is 1. The van der Waals surface area contributed by atoms with Crippen LogP contribution in [0.2, 0.25) is 0 Å². The molecule has 1 amide bonds. The summed E-state index contributed by atoms with van der Waals surface area (Å²) in [5, 5.41) is 7.21. The minimum absolute atomic E-state index is 0.137. The molecule has 9 heteroatoms. The Morgan fingerprint density at radius 1 is 1.06 bits per heavy atom. The van der Waals surface area contributed by atoms with Crippen molar-refractivity contribution in [1.29, 1.82) is 0 Å². The number of amides is 1. The van der Waals surface area contributed by atoms with E-state index in [0.717, 1.165) is 24.9 Å². The minimum Gasteiger partial charge on any atom is -0.489 e. The summed E-state index contributed by atoms with van der Waals surface area (Å²) >= 11 is 0. The highest BCUT2D eigenvalue weighted by Gasteiger charge is 2.27. The molecule has 3 aromatic rings. The number of anilines is 1. The van der Waals surface area contributed by atoms with Crippen molar-refractivity contribution in [2.75, 3.05) is 18.4 Å². The van der Waals surface area contributed by atoms with Gasteiger partial charge in [0.15, 0.2) is 0 Å². The summed E-state index contributed by atoms with van der Waals surface area (Å²) in [6.45, 7) is 6.58. The first-order valence-corrected chi connectivity index (χ1v) is 12.9. The molecule has 1 aliphatic heterocycles. The molecule has 1 saturated heterocycles. The standard InChI is InChI=1S/C25H30N4O4S/c1-18(2)33-24-13-12-21(34(31,32)28-14-8-5-9-15-28)16-23(24)27-25(30)22-17-26-29(19(22)3)20-10-6-4-7-11-20/h4,6-7,10-13,16-18H,5,8-9,14-15H2,1-3H3,(H,27,30). The highest BCUT2D eigenvalue weighted by molar-refractivity contribution is 7.89. The molecular formula is C25H30N4O4S. The van der Waals surface area contributed by atoms with E-state index in [1.165, 1.54) is 22.6 Å². The Kier molecular flexibility index (Phi) is 7.04. The van der Waals surface area contributed by atoms with E-state index in [1.807, 2.05) is 51.1 Å². The summed E-state index contributed by atoms with van der Waals surface area (Å²) in [6, 6.07) is 14.2. The molecule has 8 nitrogen and oxygen atoms in total. The van der Waals surface area contributed by atoms with Crippen molar-refractivity contribution in [3.05, 3.63) is 66.0 Å². The molecule has 0 saturated carbocycles. The Morgan fingerprint density at radius 3 is 2.44 bits per heavy atom. The van der Waals surface area contributed by atoms with Crippen LogP contribution in [0.1, 0.15) is 49.2 Å². The molecule has 1 N–H and O–H groups in total. The lowest BCUT2D eigenvalue weighted by atomic mass is 10.2. The molecule has 0 bridgehead atoms. The molecule has 0 atom stereocenters. The maximum atomic E-state index is 13.2. The summed E-state index contributed by atoms with van der Waals surface area (Å²) in [6.07, 6.45) is 4.09. The molecule has 0 spiro atoms. The fraction of sp³-hybridized carbons (Fsp3) is 0.360. The molecule has 0 radical (unpaired) electrons. The van der Waals surface area contributed by atoms with Gasteiger partial charge in [0.1, 0.15) is 5.75 Å². The van der Waals surface area contributed by atoms with Crippen molar-refractivity contribution in [3.8, 4) is 11.4 Å². The van der Waals surface area contributed by atoms with Gasteiger partial charge in [-0.1, -0.05) is 24.6 Å². The third kappa shape index (κ3) is 5.00. The van der Waals surface area contributed by atoms with Gasteiger partial charge in [0, 0.05) is 13.1 Å². The summed E-state index contributed by atoms with van der Waals surface area (Å²) in [5.74, 6) is 0.0230. The lowest BCUT2D eigenvalue weighted by Gasteiger charge is -2.26. The van der Waals surface area contributed by atoms with E-state index in [0.29, 0.717) is 35.8 Å². The molecule has 4 rings (SSSR count). The van der Waals surface area contributed by atoms with Crippen LogP contribution in [0, 0.1) is 6.92 Å². The van der Waals surface area contributed by atoms with Crippen LogP contribution >= 0.6 is 0 Å². The van der Waals surface area contributed by atoms with E-state index < -0.39 is 10.0 Å². The SMILES string of the molecule is Cc1c(C(=O)Nc2cc(S(=O)(=O)N3CCCCC3)ccc2OC(C)C)cnn1-c1ccccc1. The zero-order valence-corrected chi connectivity index (χ0v) is 20.5. The molecule has 1 aliphatic rings. The first kappa shape index (κ1) is 24.0. The Labute approximate surface area is 200 Å². The number of hydrogen-bond acceptors (Lipinski definition) is 5. The molecule has 34 heavy (non-hydrogen) atoms. The normalized spacial score (nSPS) is 14.8. The van der Waals surface area contributed by atoms with E-state index in [9.17, 15) is 13.2 Å². The van der Waals surface area contributed by atoms with Gasteiger partial charge in [-0.15, -0.1) is 0 Å². The molecular weight excluding hydrogens is 452 g/mol. The number of ether oxygens (including phenoxy) is 1. The van der Waals surface area contributed by atoms with E-state index >= 15 is 0 Å². The number of para-hydroxylation sites is 1. The van der Waals surface area contributed by atoms with Crippen molar-refractivity contribution < 1.29 is 17.9 Å². The lowest BCUT2D eigenvalue weighted by Crippen LogP contribution is -2.35. The van der Waals surface area contributed by atoms with Gasteiger partial charge in [-0.25, -0.2) is 13.1 Å². The molecule has 0 unspecified atom stereocenters. The van der Waals surface area contributed by atoms with Crippen LogP contribution in [0.15, 0.2) is 59.6 Å². The summed E-state index contributed by atoms with van der Waals surface area (Å²) < 4.78 is 35.5. The highest BCUT2D eigenvalue weighted by Crippen LogP contribution is 2.31. The predicted octanol–water partition coefficient (Wildman–Crippen LogP) is 4.39. The van der Waals surface area contributed by atoms with Crippen LogP contribution in [0.4, 0.5) is 5.69 Å². The van der Waals surface area contributed by atoms with Gasteiger partial charge in [-0.3, -0.25) is 4.79 Å². The van der Waals surface area contributed by atoms with Gasteiger partial charge in [0.2, 0.25) is 10.0 Å². The smallest absolute Gasteiger partial charge is 0.259 e. The van der Waals surface area contributed by atoms with Crippen LogP contribution in [0.25, 0.3) is 5.69 Å². The fourth-order valence-corrected chi connectivity index (χ4v) is 5.57. The number of benzene rings is 2. The zero-order chi connectivity index (χ0) is 24.3. The van der Waals surface area contributed by atoms with Crippen LogP contribution in [-0.2, 0) is 10.0 Å². The van der Waals surface area contributed by atoms with Crippen LogP contribution in [-0.4, -0.2) is 47.6 Å². The third-order valence-corrected chi connectivity index (χ3v) is 7.66. The van der Waals surface area contributed by atoms with Crippen molar-refractivity contribution >= 4 is 21.6 Å². The van der Waals surface area contributed by atoms with Gasteiger partial charge in [-0.2, -0.15) is 9.40 Å². The van der Waals surface area contributed by atoms with E-state index in [1.54, 1.807) is 10.7 Å². The average molecular weight is 483 g/mol. The fourth-order valence-electron chi connectivity index (χ4n) is 4.03. The number of carbonyl (C=O) groups excluding carboxylic acids is 1. The third-order valence-electron chi connectivity index (χ3n) is 5.77. The Balaban J connectivity index is 1.65.